The van der Waals surface area contributed by atoms with E-state index in [1.807, 2.05) is 19.0 Å². The van der Waals surface area contributed by atoms with E-state index >= 15 is 0 Å². The van der Waals surface area contributed by atoms with Crippen LogP contribution in [0.4, 0.5) is 5.69 Å². The number of hydrogen-bond acceptors (Lipinski definition) is 7. The SMILES string of the molecule is COC(C)N1C(C2CCCC2)C2=C(NC(C)=C(C(=O)O)C2c2ccccc2[N+](=O)[O-])N1C. The van der Waals surface area contributed by atoms with Gasteiger partial charge >= 0.3 is 5.97 Å². The standard InChI is InChI=1S/C23H30N4O5/c1-13-18(23(28)29)19(16-11-7-8-12-17(16)27(30)31)20-21(15-9-5-6-10-15)26(14(2)32-4)25(3)22(20)24-13/h7-8,11-12,14-15,19,21,24H,5-6,9-10H2,1-4H3,(H,28,29). The maximum absolute atomic E-state index is 12.5. The Balaban J connectivity index is 1.96. The summed E-state index contributed by atoms with van der Waals surface area (Å²) in [7, 11) is 3.59. The molecule has 1 aliphatic carbocycles. The summed E-state index contributed by atoms with van der Waals surface area (Å²) in [6, 6.07) is 6.36. The van der Waals surface area contributed by atoms with Gasteiger partial charge in [-0.25, -0.2) is 4.79 Å². The van der Waals surface area contributed by atoms with Crippen LogP contribution in [0.3, 0.4) is 0 Å². The first-order chi connectivity index (χ1) is 15.3. The van der Waals surface area contributed by atoms with Crippen molar-refractivity contribution in [1.29, 1.82) is 0 Å². The van der Waals surface area contributed by atoms with Gasteiger partial charge in [0.2, 0.25) is 0 Å². The molecule has 9 nitrogen and oxygen atoms in total. The Morgan fingerprint density at radius 3 is 2.56 bits per heavy atom. The predicted octanol–water partition coefficient (Wildman–Crippen LogP) is 3.57. The molecule has 2 heterocycles. The molecule has 0 saturated heterocycles. The topological polar surface area (TPSA) is 108 Å². The lowest BCUT2D eigenvalue weighted by Crippen LogP contribution is -2.50. The number of nitrogens with one attached hydrogen (secondary N) is 1. The van der Waals surface area contributed by atoms with Gasteiger partial charge < -0.3 is 15.2 Å². The van der Waals surface area contributed by atoms with Crippen LogP contribution in [0.25, 0.3) is 0 Å². The van der Waals surface area contributed by atoms with Crippen molar-refractivity contribution in [2.45, 2.75) is 57.7 Å². The number of nitrogens with zero attached hydrogens (tertiary/aromatic N) is 3. The number of carbonyl (C=O) groups is 1. The molecule has 0 amide bonds. The summed E-state index contributed by atoms with van der Waals surface area (Å²) in [4.78, 5) is 23.9. The molecule has 32 heavy (non-hydrogen) atoms. The minimum Gasteiger partial charge on any atom is -0.478 e. The third-order valence-corrected chi connectivity index (χ3v) is 7.09. The molecular formula is C23H30N4O5. The number of rotatable bonds is 6. The van der Waals surface area contributed by atoms with Gasteiger partial charge in [0, 0.05) is 37.1 Å². The first kappa shape index (κ1) is 22.3. The molecule has 172 valence electrons. The molecule has 0 spiro atoms. The number of carboxylic acid groups (broad SMARTS) is 1. The first-order valence-corrected chi connectivity index (χ1v) is 11.0. The third kappa shape index (κ3) is 3.45. The second kappa shape index (κ2) is 8.55. The van der Waals surface area contributed by atoms with Crippen LogP contribution >= 0.6 is 0 Å². The van der Waals surface area contributed by atoms with Crippen LogP contribution in [0.1, 0.15) is 51.0 Å². The zero-order valence-corrected chi connectivity index (χ0v) is 18.9. The zero-order valence-electron chi connectivity index (χ0n) is 18.9. The number of benzene rings is 1. The highest BCUT2D eigenvalue weighted by molar-refractivity contribution is 5.91. The fourth-order valence-electron chi connectivity index (χ4n) is 5.67. The van der Waals surface area contributed by atoms with Gasteiger partial charge in [0.15, 0.2) is 0 Å². The molecule has 9 heteroatoms. The molecule has 1 fully saturated rings. The van der Waals surface area contributed by atoms with Crippen molar-refractivity contribution in [3.05, 3.63) is 62.6 Å². The van der Waals surface area contributed by atoms with Gasteiger partial charge in [0.05, 0.1) is 22.5 Å². The van der Waals surface area contributed by atoms with E-state index in [1.165, 1.54) is 6.07 Å². The molecule has 0 aromatic heterocycles. The molecule has 0 bridgehead atoms. The van der Waals surface area contributed by atoms with Gasteiger partial charge in [0.1, 0.15) is 12.0 Å². The molecular weight excluding hydrogens is 412 g/mol. The van der Waals surface area contributed by atoms with Crippen molar-refractivity contribution in [2.24, 2.45) is 5.92 Å². The van der Waals surface area contributed by atoms with Crippen LogP contribution in [0, 0.1) is 16.0 Å². The van der Waals surface area contributed by atoms with Crippen LogP contribution < -0.4 is 5.32 Å². The van der Waals surface area contributed by atoms with E-state index in [9.17, 15) is 20.0 Å². The Morgan fingerprint density at radius 1 is 1.31 bits per heavy atom. The van der Waals surface area contributed by atoms with Crippen molar-refractivity contribution >= 4 is 11.7 Å². The number of hydrazine groups is 1. The number of nitro groups is 1. The highest BCUT2D eigenvalue weighted by atomic mass is 16.6. The minimum atomic E-state index is -1.07. The van der Waals surface area contributed by atoms with Crippen molar-refractivity contribution in [1.82, 2.24) is 15.3 Å². The third-order valence-electron chi connectivity index (χ3n) is 7.09. The summed E-state index contributed by atoms with van der Waals surface area (Å²) >= 11 is 0. The van der Waals surface area contributed by atoms with Crippen LogP contribution in [0.15, 0.2) is 46.9 Å². The Kier molecular flexibility index (Phi) is 5.96. The van der Waals surface area contributed by atoms with Gasteiger partial charge in [0.25, 0.3) is 5.69 Å². The molecule has 1 saturated carbocycles. The highest BCUT2D eigenvalue weighted by Gasteiger charge is 2.51. The van der Waals surface area contributed by atoms with Gasteiger partial charge in [-0.15, -0.1) is 0 Å². The summed E-state index contributed by atoms with van der Waals surface area (Å²) in [5.41, 5.74) is 1.86. The molecule has 3 unspecified atom stereocenters. The Hall–Kier alpha value is -2.91. The second-order valence-electron chi connectivity index (χ2n) is 8.75. The monoisotopic (exact) mass is 442 g/mol. The van der Waals surface area contributed by atoms with Crippen LogP contribution in [-0.4, -0.2) is 52.4 Å². The van der Waals surface area contributed by atoms with Crippen molar-refractivity contribution < 1.29 is 19.6 Å². The van der Waals surface area contributed by atoms with E-state index < -0.39 is 16.8 Å². The minimum absolute atomic E-state index is 0.0659. The van der Waals surface area contributed by atoms with Gasteiger partial charge in [-0.2, -0.15) is 5.01 Å². The summed E-state index contributed by atoms with van der Waals surface area (Å²) in [6.07, 6.45) is 4.03. The molecule has 1 aromatic carbocycles. The average Bonchev–Trinajstić information content (AvgIpc) is 3.38. The van der Waals surface area contributed by atoms with E-state index in [0.29, 0.717) is 17.2 Å². The van der Waals surface area contributed by atoms with Crippen molar-refractivity contribution in [3.63, 3.8) is 0 Å². The number of aliphatic carboxylic acids is 1. The second-order valence-corrected chi connectivity index (χ2v) is 8.75. The van der Waals surface area contributed by atoms with E-state index in [4.69, 9.17) is 4.74 Å². The van der Waals surface area contributed by atoms with Crippen LogP contribution in [0.2, 0.25) is 0 Å². The molecule has 1 aromatic rings. The summed E-state index contributed by atoms with van der Waals surface area (Å²) in [6.45, 7) is 3.69. The Morgan fingerprint density at radius 2 is 1.97 bits per heavy atom. The largest absolute Gasteiger partial charge is 0.478 e. The lowest BCUT2D eigenvalue weighted by molar-refractivity contribution is -0.385. The fraction of sp³-hybridized carbons (Fsp3) is 0.522. The number of hydrogen-bond donors (Lipinski definition) is 2. The lowest BCUT2D eigenvalue weighted by Gasteiger charge is -2.39. The quantitative estimate of drug-likeness (QED) is 0.509. The molecule has 0 radical (unpaired) electrons. The normalized spacial score (nSPS) is 25.2. The average molecular weight is 443 g/mol. The first-order valence-electron chi connectivity index (χ1n) is 11.0. The van der Waals surface area contributed by atoms with Crippen molar-refractivity contribution in [2.75, 3.05) is 14.2 Å². The summed E-state index contributed by atoms with van der Waals surface area (Å²) < 4.78 is 5.70. The van der Waals surface area contributed by atoms with E-state index in [0.717, 1.165) is 37.1 Å². The smallest absolute Gasteiger partial charge is 0.334 e. The number of methoxy groups -OCH3 is 1. The maximum atomic E-state index is 12.5. The number of ether oxygens (including phenoxy) is 1. The summed E-state index contributed by atoms with van der Waals surface area (Å²) in [5.74, 6) is -0.706. The van der Waals surface area contributed by atoms with Crippen LogP contribution in [-0.2, 0) is 9.53 Å². The van der Waals surface area contributed by atoms with Gasteiger partial charge in [-0.05, 0) is 32.6 Å². The molecule has 4 rings (SSSR count). The van der Waals surface area contributed by atoms with E-state index in [2.05, 4.69) is 10.3 Å². The molecule has 3 atom stereocenters. The van der Waals surface area contributed by atoms with Gasteiger partial charge in [-0.3, -0.25) is 15.1 Å². The Labute approximate surface area is 187 Å². The zero-order chi connectivity index (χ0) is 23.2. The number of para-hydroxylation sites is 1. The maximum Gasteiger partial charge on any atom is 0.334 e. The summed E-state index contributed by atoms with van der Waals surface area (Å²) in [5, 5.41) is 29.5. The lowest BCUT2D eigenvalue weighted by atomic mass is 9.75. The van der Waals surface area contributed by atoms with Crippen LogP contribution in [0.5, 0.6) is 0 Å². The number of allylic oxidation sites excluding steroid dienone is 1. The van der Waals surface area contributed by atoms with E-state index in [-0.39, 0.29) is 23.5 Å². The Bertz CT molecular complexity index is 998. The molecule has 3 aliphatic rings. The molecule has 2 aliphatic heterocycles. The van der Waals surface area contributed by atoms with Crippen molar-refractivity contribution in [3.8, 4) is 0 Å². The fourth-order valence-corrected chi connectivity index (χ4v) is 5.67. The number of carboxylic acids is 1. The van der Waals surface area contributed by atoms with Gasteiger partial charge in [-0.1, -0.05) is 31.0 Å². The number of dihydropyridines is 1. The predicted molar refractivity (Wildman–Crippen MR) is 118 cm³/mol. The number of nitro benzene ring substituents is 1. The molecule has 2 N–H and O–H groups in total. The highest BCUT2D eigenvalue weighted by Crippen LogP contribution is 2.51. The van der Waals surface area contributed by atoms with E-state index in [1.54, 1.807) is 32.2 Å².